The molecule has 0 radical (unpaired) electrons. The standard InChI is InChI=1S/C13H19N5/c1-10-5-6-14-8-12(10)15-7-11-9-18(17-16-11)13(2,3)4/h5-6,8-9,15H,7H2,1-4H3. The number of aryl methyl sites for hydroxylation is 1. The van der Waals surface area contributed by atoms with Gasteiger partial charge in [-0.2, -0.15) is 0 Å². The van der Waals surface area contributed by atoms with Crippen molar-refractivity contribution in [2.24, 2.45) is 0 Å². The molecule has 5 nitrogen and oxygen atoms in total. The second-order valence-corrected chi connectivity index (χ2v) is 5.37. The van der Waals surface area contributed by atoms with Gasteiger partial charge in [0.25, 0.3) is 0 Å². The van der Waals surface area contributed by atoms with Crippen molar-refractivity contribution in [2.45, 2.75) is 39.8 Å². The molecule has 2 heterocycles. The van der Waals surface area contributed by atoms with Crippen LogP contribution in [0.1, 0.15) is 32.0 Å². The van der Waals surface area contributed by atoms with Crippen LogP contribution in [0.15, 0.2) is 24.7 Å². The normalized spacial score (nSPS) is 11.6. The maximum atomic E-state index is 4.16. The molecule has 2 aromatic rings. The van der Waals surface area contributed by atoms with Crippen molar-refractivity contribution in [3.63, 3.8) is 0 Å². The van der Waals surface area contributed by atoms with Crippen LogP contribution in [-0.2, 0) is 12.1 Å². The lowest BCUT2D eigenvalue weighted by atomic mass is 10.1. The third-order valence-corrected chi connectivity index (χ3v) is 2.73. The van der Waals surface area contributed by atoms with E-state index in [0.717, 1.165) is 11.4 Å². The van der Waals surface area contributed by atoms with Gasteiger partial charge in [0.15, 0.2) is 0 Å². The first kappa shape index (κ1) is 12.5. The molecule has 0 fully saturated rings. The molecular weight excluding hydrogens is 226 g/mol. The van der Waals surface area contributed by atoms with E-state index in [1.54, 1.807) is 6.20 Å². The van der Waals surface area contributed by atoms with Gasteiger partial charge in [-0.15, -0.1) is 5.10 Å². The fourth-order valence-electron chi connectivity index (χ4n) is 1.54. The van der Waals surface area contributed by atoms with Crippen LogP contribution in [0, 0.1) is 6.92 Å². The van der Waals surface area contributed by atoms with E-state index in [1.807, 2.05) is 23.1 Å². The summed E-state index contributed by atoms with van der Waals surface area (Å²) in [6.45, 7) is 9.01. The Hall–Kier alpha value is -1.91. The summed E-state index contributed by atoms with van der Waals surface area (Å²) < 4.78 is 1.88. The lowest BCUT2D eigenvalue weighted by Crippen LogP contribution is -2.22. The summed E-state index contributed by atoms with van der Waals surface area (Å²) in [5.41, 5.74) is 3.10. The van der Waals surface area contributed by atoms with Gasteiger partial charge in [0.1, 0.15) is 5.69 Å². The zero-order chi connectivity index (χ0) is 13.2. The smallest absolute Gasteiger partial charge is 0.102 e. The number of rotatable bonds is 3. The second kappa shape index (κ2) is 4.76. The van der Waals surface area contributed by atoms with E-state index in [9.17, 15) is 0 Å². The molecular formula is C13H19N5. The molecule has 96 valence electrons. The van der Waals surface area contributed by atoms with Crippen molar-refractivity contribution in [3.8, 4) is 0 Å². The minimum absolute atomic E-state index is 0.0323. The minimum Gasteiger partial charge on any atom is -0.378 e. The number of hydrogen-bond acceptors (Lipinski definition) is 4. The molecule has 0 saturated carbocycles. The zero-order valence-corrected chi connectivity index (χ0v) is 11.3. The lowest BCUT2D eigenvalue weighted by Gasteiger charge is -2.17. The molecule has 0 aliphatic carbocycles. The minimum atomic E-state index is -0.0323. The summed E-state index contributed by atoms with van der Waals surface area (Å²) in [5, 5.41) is 11.6. The van der Waals surface area contributed by atoms with Crippen LogP contribution in [0.25, 0.3) is 0 Å². The topological polar surface area (TPSA) is 55.6 Å². The molecule has 0 spiro atoms. The molecule has 0 saturated heterocycles. The molecule has 0 atom stereocenters. The summed E-state index contributed by atoms with van der Waals surface area (Å²) >= 11 is 0. The Morgan fingerprint density at radius 3 is 2.72 bits per heavy atom. The van der Waals surface area contributed by atoms with Crippen molar-refractivity contribution < 1.29 is 0 Å². The van der Waals surface area contributed by atoms with Crippen molar-refractivity contribution in [1.29, 1.82) is 0 Å². The van der Waals surface area contributed by atoms with Crippen LogP contribution in [-0.4, -0.2) is 20.0 Å². The Morgan fingerprint density at radius 2 is 2.11 bits per heavy atom. The Kier molecular flexibility index (Phi) is 3.32. The van der Waals surface area contributed by atoms with Crippen LogP contribution in [0.5, 0.6) is 0 Å². The van der Waals surface area contributed by atoms with Gasteiger partial charge in [0.2, 0.25) is 0 Å². The number of hydrogen-bond donors (Lipinski definition) is 1. The number of nitrogens with one attached hydrogen (secondary N) is 1. The maximum Gasteiger partial charge on any atom is 0.102 e. The average Bonchev–Trinajstić information content (AvgIpc) is 2.76. The molecule has 5 heteroatoms. The highest BCUT2D eigenvalue weighted by Gasteiger charge is 2.14. The summed E-state index contributed by atoms with van der Waals surface area (Å²) in [6, 6.07) is 1.98. The van der Waals surface area contributed by atoms with Crippen molar-refractivity contribution in [1.82, 2.24) is 20.0 Å². The van der Waals surface area contributed by atoms with Crippen LogP contribution in [0.2, 0.25) is 0 Å². The zero-order valence-electron chi connectivity index (χ0n) is 11.3. The van der Waals surface area contributed by atoms with Gasteiger partial charge in [0.05, 0.1) is 30.2 Å². The van der Waals surface area contributed by atoms with Gasteiger partial charge in [-0.3, -0.25) is 4.98 Å². The van der Waals surface area contributed by atoms with E-state index >= 15 is 0 Å². The molecule has 18 heavy (non-hydrogen) atoms. The molecule has 0 aliphatic rings. The lowest BCUT2D eigenvalue weighted by molar-refractivity contribution is 0.347. The Balaban J connectivity index is 2.03. The number of pyridine rings is 1. The summed E-state index contributed by atoms with van der Waals surface area (Å²) in [5.74, 6) is 0. The van der Waals surface area contributed by atoms with Gasteiger partial charge < -0.3 is 5.32 Å². The average molecular weight is 245 g/mol. The van der Waals surface area contributed by atoms with Crippen LogP contribution in [0.4, 0.5) is 5.69 Å². The van der Waals surface area contributed by atoms with Crippen LogP contribution < -0.4 is 5.32 Å². The maximum absolute atomic E-state index is 4.16. The molecule has 0 bridgehead atoms. The van der Waals surface area contributed by atoms with E-state index in [1.165, 1.54) is 5.56 Å². The highest BCUT2D eigenvalue weighted by molar-refractivity contribution is 5.47. The number of aromatic nitrogens is 4. The van der Waals surface area contributed by atoms with E-state index in [2.05, 4.69) is 48.3 Å². The quantitative estimate of drug-likeness (QED) is 0.901. The molecule has 1 N–H and O–H groups in total. The van der Waals surface area contributed by atoms with E-state index < -0.39 is 0 Å². The fraction of sp³-hybridized carbons (Fsp3) is 0.462. The summed E-state index contributed by atoms with van der Waals surface area (Å²) in [6.07, 6.45) is 5.58. The van der Waals surface area contributed by atoms with Gasteiger partial charge >= 0.3 is 0 Å². The second-order valence-electron chi connectivity index (χ2n) is 5.37. The van der Waals surface area contributed by atoms with Gasteiger partial charge in [-0.25, -0.2) is 4.68 Å². The molecule has 0 aromatic carbocycles. The van der Waals surface area contributed by atoms with Crippen molar-refractivity contribution in [2.75, 3.05) is 5.32 Å². The third kappa shape index (κ3) is 2.85. The first-order valence-electron chi connectivity index (χ1n) is 6.03. The van der Waals surface area contributed by atoms with Gasteiger partial charge in [-0.05, 0) is 39.3 Å². The highest BCUT2D eigenvalue weighted by Crippen LogP contribution is 2.14. The van der Waals surface area contributed by atoms with E-state index in [0.29, 0.717) is 6.54 Å². The first-order chi connectivity index (χ1) is 8.47. The predicted molar refractivity (Wildman–Crippen MR) is 71.3 cm³/mol. The van der Waals surface area contributed by atoms with Gasteiger partial charge in [0, 0.05) is 6.20 Å². The number of nitrogens with zero attached hydrogens (tertiary/aromatic N) is 4. The molecule has 0 unspecified atom stereocenters. The van der Waals surface area contributed by atoms with E-state index in [4.69, 9.17) is 0 Å². The van der Waals surface area contributed by atoms with Crippen molar-refractivity contribution in [3.05, 3.63) is 35.9 Å². The van der Waals surface area contributed by atoms with Crippen LogP contribution in [0.3, 0.4) is 0 Å². The molecule has 0 amide bonds. The Morgan fingerprint density at radius 1 is 1.33 bits per heavy atom. The van der Waals surface area contributed by atoms with E-state index in [-0.39, 0.29) is 5.54 Å². The Bertz CT molecular complexity index is 524. The SMILES string of the molecule is Cc1ccncc1NCc1cn(C(C)(C)C)nn1. The fourth-order valence-corrected chi connectivity index (χ4v) is 1.54. The predicted octanol–water partition coefficient (Wildman–Crippen LogP) is 2.35. The molecule has 2 rings (SSSR count). The van der Waals surface area contributed by atoms with Gasteiger partial charge in [-0.1, -0.05) is 5.21 Å². The summed E-state index contributed by atoms with van der Waals surface area (Å²) in [4.78, 5) is 4.10. The van der Waals surface area contributed by atoms with Crippen molar-refractivity contribution >= 4 is 5.69 Å². The first-order valence-corrected chi connectivity index (χ1v) is 6.03. The highest BCUT2D eigenvalue weighted by atomic mass is 15.4. The molecule has 2 aromatic heterocycles. The number of anilines is 1. The molecule has 0 aliphatic heterocycles. The monoisotopic (exact) mass is 245 g/mol. The Labute approximate surface area is 107 Å². The largest absolute Gasteiger partial charge is 0.378 e. The third-order valence-electron chi connectivity index (χ3n) is 2.73. The summed E-state index contributed by atoms with van der Waals surface area (Å²) in [7, 11) is 0. The van der Waals surface area contributed by atoms with Crippen LogP contribution >= 0.6 is 0 Å².